The van der Waals surface area contributed by atoms with Gasteiger partial charge in [-0.15, -0.1) is 24.0 Å². The first-order valence-electron chi connectivity index (χ1n) is 9.23. The van der Waals surface area contributed by atoms with E-state index >= 15 is 0 Å². The molecule has 0 aliphatic carbocycles. The van der Waals surface area contributed by atoms with E-state index in [-0.39, 0.29) is 30.6 Å². The summed E-state index contributed by atoms with van der Waals surface area (Å²) in [7, 11) is 3.73. The topological polar surface area (TPSA) is 57.1 Å². The average molecular weight is 477 g/mol. The largest absolute Gasteiger partial charge is 0.497 e. The maximum absolute atomic E-state index is 9.28. The zero-order valence-electron chi connectivity index (χ0n) is 16.9. The van der Waals surface area contributed by atoms with Gasteiger partial charge in [0.15, 0.2) is 5.96 Å². The van der Waals surface area contributed by atoms with Crippen molar-refractivity contribution in [3.8, 4) is 5.75 Å². The van der Waals surface area contributed by atoms with Crippen LogP contribution in [0.3, 0.4) is 0 Å². The molecule has 5 nitrogen and oxygen atoms in total. The van der Waals surface area contributed by atoms with E-state index in [2.05, 4.69) is 50.2 Å². The molecule has 150 valence electrons. The molecule has 0 radical (unpaired) electrons. The third-order valence-electron chi connectivity index (χ3n) is 4.12. The van der Waals surface area contributed by atoms with Gasteiger partial charge < -0.3 is 20.1 Å². The molecule has 1 unspecified atom stereocenters. The number of hydrogen-bond donors (Lipinski definition) is 2. The van der Waals surface area contributed by atoms with E-state index in [4.69, 9.17) is 9.73 Å². The van der Waals surface area contributed by atoms with Crippen LogP contribution < -0.4 is 10.1 Å². The van der Waals surface area contributed by atoms with Crippen molar-refractivity contribution in [3.05, 3.63) is 29.8 Å². The Morgan fingerprint density at radius 3 is 2.42 bits per heavy atom. The average Bonchev–Trinajstić information content (AvgIpc) is 2.58. The highest BCUT2D eigenvalue weighted by Gasteiger charge is 2.12. The van der Waals surface area contributed by atoms with Gasteiger partial charge in [-0.25, -0.2) is 0 Å². The first-order valence-corrected chi connectivity index (χ1v) is 9.23. The summed E-state index contributed by atoms with van der Waals surface area (Å²) in [6.07, 6.45) is 1.90. The van der Waals surface area contributed by atoms with Crippen LogP contribution in [0, 0.1) is 11.8 Å². The number of halogens is 1. The fraction of sp³-hybridized carbons (Fsp3) is 0.650. The molecule has 6 heteroatoms. The number of ether oxygens (including phenoxy) is 1. The molecule has 0 saturated carbocycles. The summed E-state index contributed by atoms with van der Waals surface area (Å²) in [6, 6.07) is 8.11. The van der Waals surface area contributed by atoms with Crippen LogP contribution >= 0.6 is 24.0 Å². The van der Waals surface area contributed by atoms with E-state index in [1.807, 2.05) is 12.1 Å². The standard InChI is InChI=1S/C20H35N3O2.HI/c1-6-21-20(22-14-18(11-12-24)13-16(2)3)23(4)15-17-7-9-19(25-5)10-8-17;/h7-10,16,18,24H,6,11-15H2,1-5H3,(H,21,22);1H. The Hall–Kier alpha value is -1.02. The second-order valence-corrected chi connectivity index (χ2v) is 6.91. The molecule has 26 heavy (non-hydrogen) atoms. The second kappa shape index (κ2) is 14.1. The lowest BCUT2D eigenvalue weighted by molar-refractivity contribution is 0.245. The summed E-state index contributed by atoms with van der Waals surface area (Å²) in [4.78, 5) is 6.95. The smallest absolute Gasteiger partial charge is 0.193 e. The minimum atomic E-state index is 0. The maximum atomic E-state index is 9.28. The molecule has 0 saturated heterocycles. The van der Waals surface area contributed by atoms with Crippen molar-refractivity contribution in [2.75, 3.05) is 33.9 Å². The highest BCUT2D eigenvalue weighted by atomic mass is 127. The normalized spacial score (nSPS) is 12.5. The van der Waals surface area contributed by atoms with E-state index in [1.54, 1.807) is 7.11 Å². The molecule has 0 amide bonds. The number of nitrogens with zero attached hydrogens (tertiary/aromatic N) is 2. The molecule has 0 aromatic heterocycles. The van der Waals surface area contributed by atoms with E-state index in [0.29, 0.717) is 11.8 Å². The number of hydrogen-bond acceptors (Lipinski definition) is 3. The summed E-state index contributed by atoms with van der Waals surface area (Å²) in [6.45, 7) is 9.10. The van der Waals surface area contributed by atoms with Crippen molar-refractivity contribution >= 4 is 29.9 Å². The molecule has 0 aliphatic heterocycles. The van der Waals surface area contributed by atoms with Crippen molar-refractivity contribution in [2.45, 2.75) is 40.2 Å². The maximum Gasteiger partial charge on any atom is 0.193 e. The molecule has 1 rings (SSSR count). The fourth-order valence-electron chi connectivity index (χ4n) is 2.90. The Morgan fingerprint density at radius 1 is 1.27 bits per heavy atom. The van der Waals surface area contributed by atoms with Crippen molar-refractivity contribution in [2.24, 2.45) is 16.8 Å². The lowest BCUT2D eigenvalue weighted by atomic mass is 9.94. The summed E-state index contributed by atoms with van der Waals surface area (Å²) >= 11 is 0. The molecule has 0 bridgehead atoms. The first kappa shape index (κ1) is 25.0. The molecular weight excluding hydrogens is 441 g/mol. The van der Waals surface area contributed by atoms with Crippen LogP contribution in [0.4, 0.5) is 0 Å². The molecule has 1 aromatic carbocycles. The third kappa shape index (κ3) is 9.62. The van der Waals surface area contributed by atoms with Crippen LogP contribution in [0.15, 0.2) is 29.3 Å². The lowest BCUT2D eigenvalue weighted by Crippen LogP contribution is -2.38. The predicted molar refractivity (Wildman–Crippen MR) is 121 cm³/mol. The molecule has 0 heterocycles. The summed E-state index contributed by atoms with van der Waals surface area (Å²) in [5.74, 6) is 2.82. The number of rotatable bonds is 10. The zero-order chi connectivity index (χ0) is 18.7. The third-order valence-corrected chi connectivity index (χ3v) is 4.12. The van der Waals surface area contributed by atoms with Gasteiger partial charge in [-0.2, -0.15) is 0 Å². The first-order chi connectivity index (χ1) is 12.0. The lowest BCUT2D eigenvalue weighted by Gasteiger charge is -2.23. The van der Waals surface area contributed by atoms with Gasteiger partial charge in [0.1, 0.15) is 5.75 Å². The summed E-state index contributed by atoms with van der Waals surface area (Å²) in [5, 5.41) is 12.6. The quantitative estimate of drug-likeness (QED) is 0.306. The Morgan fingerprint density at radius 2 is 1.92 bits per heavy atom. The van der Waals surface area contributed by atoms with Crippen molar-refractivity contribution in [1.82, 2.24) is 10.2 Å². The van der Waals surface area contributed by atoms with Crippen LogP contribution in [0.25, 0.3) is 0 Å². The van der Waals surface area contributed by atoms with Crippen molar-refractivity contribution < 1.29 is 9.84 Å². The van der Waals surface area contributed by atoms with Crippen LogP contribution in [0.1, 0.15) is 39.2 Å². The summed E-state index contributed by atoms with van der Waals surface area (Å²) < 4.78 is 5.21. The Kier molecular flexibility index (Phi) is 13.5. The van der Waals surface area contributed by atoms with Crippen LogP contribution in [0.2, 0.25) is 0 Å². The van der Waals surface area contributed by atoms with Crippen LogP contribution in [-0.4, -0.2) is 49.8 Å². The molecule has 0 spiro atoms. The predicted octanol–water partition coefficient (Wildman–Crippen LogP) is 3.76. The van der Waals surface area contributed by atoms with E-state index in [0.717, 1.165) is 44.2 Å². The number of nitrogens with one attached hydrogen (secondary N) is 1. The zero-order valence-corrected chi connectivity index (χ0v) is 19.2. The number of guanidine groups is 1. The highest BCUT2D eigenvalue weighted by Crippen LogP contribution is 2.16. The van der Waals surface area contributed by atoms with E-state index in [9.17, 15) is 5.11 Å². The second-order valence-electron chi connectivity index (χ2n) is 6.91. The van der Waals surface area contributed by atoms with Crippen molar-refractivity contribution in [3.63, 3.8) is 0 Å². The van der Waals surface area contributed by atoms with Gasteiger partial charge in [-0.1, -0.05) is 26.0 Å². The van der Waals surface area contributed by atoms with Gasteiger partial charge in [0, 0.05) is 33.3 Å². The number of aliphatic hydroxyl groups is 1. The van der Waals surface area contributed by atoms with Gasteiger partial charge in [-0.3, -0.25) is 4.99 Å². The molecule has 0 aliphatic rings. The Bertz CT molecular complexity index is 506. The fourth-order valence-corrected chi connectivity index (χ4v) is 2.90. The van der Waals surface area contributed by atoms with Gasteiger partial charge in [0.05, 0.1) is 7.11 Å². The van der Waals surface area contributed by atoms with Crippen LogP contribution in [-0.2, 0) is 6.54 Å². The van der Waals surface area contributed by atoms with Gasteiger partial charge in [0.25, 0.3) is 0 Å². The number of aliphatic imine (C=N–C) groups is 1. The SMILES string of the molecule is CCNC(=NCC(CCO)CC(C)C)N(C)Cc1ccc(OC)cc1.I. The molecule has 0 fully saturated rings. The highest BCUT2D eigenvalue weighted by molar-refractivity contribution is 14.0. The number of benzene rings is 1. The monoisotopic (exact) mass is 477 g/mol. The molecular formula is C20H36IN3O2. The minimum Gasteiger partial charge on any atom is -0.497 e. The number of methoxy groups -OCH3 is 1. The van der Waals surface area contributed by atoms with E-state index < -0.39 is 0 Å². The Labute approximate surface area is 176 Å². The number of aliphatic hydroxyl groups excluding tert-OH is 1. The van der Waals surface area contributed by atoms with E-state index in [1.165, 1.54) is 5.56 Å². The minimum absolute atomic E-state index is 0. The van der Waals surface area contributed by atoms with Gasteiger partial charge in [-0.05, 0) is 49.3 Å². The molecule has 1 aromatic rings. The Balaban J connectivity index is 0.00000625. The molecule has 1 atom stereocenters. The van der Waals surface area contributed by atoms with Crippen LogP contribution in [0.5, 0.6) is 5.75 Å². The van der Waals surface area contributed by atoms with Crippen molar-refractivity contribution in [1.29, 1.82) is 0 Å². The molecule has 2 N–H and O–H groups in total. The van der Waals surface area contributed by atoms with Gasteiger partial charge in [0.2, 0.25) is 0 Å². The summed E-state index contributed by atoms with van der Waals surface area (Å²) in [5.41, 5.74) is 1.21. The van der Waals surface area contributed by atoms with Gasteiger partial charge >= 0.3 is 0 Å².